The molecule has 1 aromatic carbocycles. The maximum Gasteiger partial charge on any atom is 0.242 e. The fraction of sp³-hybridized carbons (Fsp3) is 0.375. The Kier molecular flexibility index (Phi) is 7.03. The minimum Gasteiger partial charge on any atom is -0.760 e. The van der Waals surface area contributed by atoms with Crippen LogP contribution in [0.2, 0.25) is 19.6 Å². The van der Waals surface area contributed by atoms with Crippen LogP contribution in [0.15, 0.2) is 28.7 Å². The van der Waals surface area contributed by atoms with Gasteiger partial charge in [0, 0.05) is 23.4 Å². The number of nitrogens with one attached hydrogen (secondary N) is 1. The summed E-state index contributed by atoms with van der Waals surface area (Å²) in [6.45, 7) is 6.08. The van der Waals surface area contributed by atoms with Gasteiger partial charge in [-0.05, 0) is 50.3 Å². The van der Waals surface area contributed by atoms with E-state index in [2.05, 4.69) is 20.7 Å². The van der Waals surface area contributed by atoms with E-state index in [1.165, 1.54) is 24.3 Å². The van der Waals surface area contributed by atoms with Crippen molar-refractivity contribution in [3.05, 3.63) is 35.8 Å². The minimum absolute atomic E-state index is 0.154. The Hall–Kier alpha value is -1.20. The van der Waals surface area contributed by atoms with E-state index in [9.17, 15) is 18.3 Å². The lowest BCUT2D eigenvalue weighted by Crippen LogP contribution is -2.29. The summed E-state index contributed by atoms with van der Waals surface area (Å²) in [5.74, 6) is 0.224. The minimum atomic E-state index is -2.35. The zero-order chi connectivity index (χ0) is 19.5. The van der Waals surface area contributed by atoms with Crippen molar-refractivity contribution in [2.45, 2.75) is 30.9 Å². The van der Waals surface area contributed by atoms with Gasteiger partial charge < -0.3 is 18.5 Å². The summed E-state index contributed by atoms with van der Waals surface area (Å²) in [5, 5.41) is 10.6. The van der Waals surface area contributed by atoms with Crippen LogP contribution in [0.5, 0.6) is 11.5 Å². The highest BCUT2D eigenvalue weighted by Crippen LogP contribution is 2.48. The Morgan fingerprint density at radius 2 is 2.00 bits per heavy atom. The molecular formula is C16H20BrFNO5SSi-. The zero-order valence-electron chi connectivity index (χ0n) is 14.5. The molecule has 0 fully saturated rings. The maximum absolute atomic E-state index is 13.2. The first kappa shape index (κ1) is 21.1. The van der Waals surface area contributed by atoms with E-state index in [-0.39, 0.29) is 28.6 Å². The standard InChI is InChI=1S/C16H21BrFNO5SSi/c1-26(2,3)24-16-13(20)14(10-4-6-11(18)7-5-10)23-15(16)12(17)8-9-19-25(21)22/h4-7,12,19-20H,8-9H2,1-3H3,(H,21,22)/p-1. The van der Waals surface area contributed by atoms with Gasteiger partial charge in [0.1, 0.15) is 5.82 Å². The van der Waals surface area contributed by atoms with Gasteiger partial charge in [-0.25, -0.2) is 9.11 Å². The Morgan fingerprint density at radius 3 is 2.54 bits per heavy atom. The first-order valence-corrected chi connectivity index (χ1v) is 13.3. The molecule has 0 amide bonds. The van der Waals surface area contributed by atoms with Crippen LogP contribution in [-0.4, -0.2) is 28.7 Å². The molecule has 0 aliphatic rings. The van der Waals surface area contributed by atoms with E-state index in [1.807, 2.05) is 19.6 Å². The topological polar surface area (TPSA) is 94.8 Å². The van der Waals surface area contributed by atoms with Gasteiger partial charge in [0.25, 0.3) is 0 Å². The van der Waals surface area contributed by atoms with Crippen LogP contribution < -0.4 is 9.15 Å². The maximum atomic E-state index is 13.2. The van der Waals surface area contributed by atoms with Crippen molar-refractivity contribution in [1.82, 2.24) is 4.72 Å². The second-order valence-electron chi connectivity index (χ2n) is 6.58. The largest absolute Gasteiger partial charge is 0.760 e. The van der Waals surface area contributed by atoms with Crippen molar-refractivity contribution in [3.8, 4) is 22.8 Å². The lowest BCUT2D eigenvalue weighted by atomic mass is 10.1. The summed E-state index contributed by atoms with van der Waals surface area (Å²) in [6, 6.07) is 5.55. The third-order valence-electron chi connectivity index (χ3n) is 3.28. The number of halogens is 2. The Bertz CT molecular complexity index is 778. The van der Waals surface area contributed by atoms with Gasteiger partial charge in [-0.3, -0.25) is 4.21 Å². The summed E-state index contributed by atoms with van der Waals surface area (Å²) in [6.07, 6.45) is 0.381. The Balaban J connectivity index is 2.39. The summed E-state index contributed by atoms with van der Waals surface area (Å²) >= 11 is 1.10. The molecule has 2 atom stereocenters. The summed E-state index contributed by atoms with van der Waals surface area (Å²) in [7, 11) is -2.07. The third kappa shape index (κ3) is 5.65. The molecule has 0 bridgehead atoms. The van der Waals surface area contributed by atoms with Crippen LogP contribution in [0.3, 0.4) is 0 Å². The predicted octanol–water partition coefficient (Wildman–Crippen LogP) is 4.21. The quantitative estimate of drug-likeness (QED) is 0.346. The van der Waals surface area contributed by atoms with Crippen molar-refractivity contribution in [2.24, 2.45) is 0 Å². The van der Waals surface area contributed by atoms with E-state index in [1.54, 1.807) is 0 Å². The van der Waals surface area contributed by atoms with Crippen LogP contribution in [0.1, 0.15) is 17.0 Å². The SMILES string of the molecule is C[Si](C)(C)Oc1c(C(Br)CCNS(=O)[O-])oc(-c2ccc(F)cc2)c1O. The number of aromatic hydroxyl groups is 1. The number of rotatable bonds is 8. The highest BCUT2D eigenvalue weighted by atomic mass is 79.9. The monoisotopic (exact) mass is 464 g/mol. The predicted molar refractivity (Wildman–Crippen MR) is 103 cm³/mol. The van der Waals surface area contributed by atoms with Gasteiger partial charge in [0.05, 0.1) is 4.83 Å². The average molecular weight is 465 g/mol. The van der Waals surface area contributed by atoms with Gasteiger partial charge in [0.2, 0.25) is 14.1 Å². The fourth-order valence-corrected chi connectivity index (χ4v) is 3.86. The zero-order valence-corrected chi connectivity index (χ0v) is 17.9. The molecule has 0 aliphatic carbocycles. The highest BCUT2D eigenvalue weighted by Gasteiger charge is 2.30. The molecule has 144 valence electrons. The lowest BCUT2D eigenvalue weighted by Gasteiger charge is -2.20. The number of furan rings is 1. The molecule has 0 radical (unpaired) electrons. The first-order chi connectivity index (χ1) is 12.1. The van der Waals surface area contributed by atoms with E-state index >= 15 is 0 Å². The molecule has 2 N–H and O–H groups in total. The molecule has 0 saturated heterocycles. The van der Waals surface area contributed by atoms with Gasteiger partial charge in [-0.2, -0.15) is 0 Å². The summed E-state index contributed by atoms with van der Waals surface area (Å²) < 4.78 is 48.5. The second-order valence-corrected chi connectivity index (χ2v) is 12.9. The Labute approximate surface area is 163 Å². The summed E-state index contributed by atoms with van der Waals surface area (Å²) in [4.78, 5) is -0.384. The van der Waals surface area contributed by atoms with E-state index in [4.69, 9.17) is 8.84 Å². The first-order valence-electron chi connectivity index (χ1n) is 7.86. The van der Waals surface area contributed by atoms with Gasteiger partial charge >= 0.3 is 0 Å². The fourth-order valence-electron chi connectivity index (χ4n) is 2.23. The van der Waals surface area contributed by atoms with Crippen molar-refractivity contribution < 1.29 is 27.1 Å². The van der Waals surface area contributed by atoms with Crippen LogP contribution >= 0.6 is 15.9 Å². The van der Waals surface area contributed by atoms with Crippen LogP contribution in [0, 0.1) is 5.82 Å². The van der Waals surface area contributed by atoms with Crippen LogP contribution in [0.25, 0.3) is 11.3 Å². The number of hydrogen-bond donors (Lipinski definition) is 2. The molecule has 1 heterocycles. The van der Waals surface area contributed by atoms with Crippen molar-refractivity contribution in [3.63, 3.8) is 0 Å². The summed E-state index contributed by atoms with van der Waals surface area (Å²) in [5.41, 5.74) is 0.508. The lowest BCUT2D eigenvalue weighted by molar-refractivity contribution is 0.438. The molecule has 1 aromatic heterocycles. The van der Waals surface area contributed by atoms with Crippen molar-refractivity contribution >= 4 is 35.5 Å². The van der Waals surface area contributed by atoms with E-state index in [0.29, 0.717) is 17.7 Å². The van der Waals surface area contributed by atoms with Crippen LogP contribution in [-0.2, 0) is 11.3 Å². The second kappa shape index (κ2) is 8.66. The molecule has 2 rings (SSSR count). The third-order valence-corrected chi connectivity index (χ3v) is 5.41. The van der Waals surface area contributed by atoms with Crippen molar-refractivity contribution in [2.75, 3.05) is 6.54 Å². The molecule has 26 heavy (non-hydrogen) atoms. The van der Waals surface area contributed by atoms with Gasteiger partial charge in [0.15, 0.2) is 17.3 Å². The Morgan fingerprint density at radius 1 is 1.38 bits per heavy atom. The molecule has 0 saturated carbocycles. The number of hydrogen-bond acceptors (Lipinski definition) is 5. The number of benzene rings is 1. The smallest absolute Gasteiger partial charge is 0.242 e. The number of alkyl halides is 1. The van der Waals surface area contributed by atoms with E-state index < -0.39 is 25.4 Å². The molecule has 0 spiro atoms. The molecule has 2 unspecified atom stereocenters. The molecule has 2 aromatic rings. The van der Waals surface area contributed by atoms with Crippen molar-refractivity contribution in [1.29, 1.82) is 0 Å². The van der Waals surface area contributed by atoms with E-state index in [0.717, 1.165) is 0 Å². The van der Waals surface area contributed by atoms with Gasteiger partial charge in [-0.15, -0.1) is 0 Å². The molecule has 10 heteroatoms. The normalized spacial score (nSPS) is 14.2. The molecule has 0 aliphatic heterocycles. The molecule has 6 nitrogen and oxygen atoms in total. The molecular weight excluding hydrogens is 445 g/mol. The highest BCUT2D eigenvalue weighted by molar-refractivity contribution is 9.09. The average Bonchev–Trinajstić information content (AvgIpc) is 2.83. The van der Waals surface area contributed by atoms with Gasteiger partial charge in [-0.1, -0.05) is 15.9 Å². The van der Waals surface area contributed by atoms with Crippen LogP contribution in [0.4, 0.5) is 4.39 Å².